The van der Waals surface area contributed by atoms with Gasteiger partial charge in [-0.05, 0) is 51.4 Å². The third-order valence-corrected chi connectivity index (χ3v) is 12.2. The van der Waals surface area contributed by atoms with Crippen molar-refractivity contribution >= 4 is 17.9 Å². The minimum Gasteiger partial charge on any atom is -0.544 e. The van der Waals surface area contributed by atoms with Crippen LogP contribution in [0.15, 0.2) is 48.6 Å². The fourth-order valence-corrected chi connectivity index (χ4v) is 8.06. The largest absolute Gasteiger partial charge is 0.544 e. The smallest absolute Gasteiger partial charge is 0.306 e. The number of likely N-dealkylation sites (N-methyl/N-ethyl adjacent to an activating group) is 1. The summed E-state index contributed by atoms with van der Waals surface area (Å²) in [7, 11) is 5.42. The van der Waals surface area contributed by atoms with Crippen LogP contribution < -0.4 is 5.11 Å². The summed E-state index contributed by atoms with van der Waals surface area (Å²) >= 11 is 0. The van der Waals surface area contributed by atoms with Crippen LogP contribution >= 0.6 is 0 Å². The topological polar surface area (TPSA) is 102 Å². The maximum absolute atomic E-state index is 12.8. The number of hydrogen-bond acceptors (Lipinski definition) is 7. The number of quaternary nitrogens is 1. The van der Waals surface area contributed by atoms with Crippen LogP contribution in [0.4, 0.5) is 0 Å². The van der Waals surface area contributed by atoms with Crippen molar-refractivity contribution in [3.63, 3.8) is 0 Å². The first-order chi connectivity index (χ1) is 31.6. The molecule has 0 aromatic carbocycles. The van der Waals surface area contributed by atoms with Crippen molar-refractivity contribution < 1.29 is 38.2 Å². The number of aliphatic carboxylic acids is 1. The molecule has 0 spiro atoms. The van der Waals surface area contributed by atoms with Crippen LogP contribution in [0.3, 0.4) is 0 Å². The zero-order chi connectivity index (χ0) is 47.7. The molecule has 0 fully saturated rings. The molecule has 0 rings (SSSR count). The monoisotopic (exact) mass is 914 g/mol. The van der Waals surface area contributed by atoms with Gasteiger partial charge >= 0.3 is 11.9 Å². The summed E-state index contributed by atoms with van der Waals surface area (Å²) in [6.07, 6.45) is 58.6. The minimum absolute atomic E-state index is 0.0392. The zero-order valence-electron chi connectivity index (χ0n) is 43.2. The summed E-state index contributed by atoms with van der Waals surface area (Å²) in [5.41, 5.74) is 0. The van der Waals surface area contributed by atoms with E-state index in [1.165, 1.54) is 141 Å². The van der Waals surface area contributed by atoms with Crippen molar-refractivity contribution in [3.8, 4) is 0 Å². The van der Waals surface area contributed by atoms with Gasteiger partial charge in [-0.15, -0.1) is 0 Å². The van der Waals surface area contributed by atoms with Gasteiger partial charge in [0.1, 0.15) is 12.6 Å². The fourth-order valence-electron chi connectivity index (χ4n) is 8.06. The Morgan fingerprint density at radius 2 is 0.862 bits per heavy atom. The Labute approximate surface area is 401 Å². The summed E-state index contributed by atoms with van der Waals surface area (Å²) in [4.78, 5) is 37.1. The van der Waals surface area contributed by atoms with Crippen molar-refractivity contribution in [3.05, 3.63) is 48.6 Å². The lowest BCUT2D eigenvalue weighted by atomic mass is 10.0. The van der Waals surface area contributed by atoms with Crippen LogP contribution in [0.2, 0.25) is 0 Å². The summed E-state index contributed by atoms with van der Waals surface area (Å²) in [5.74, 6) is -1.74. The predicted molar refractivity (Wildman–Crippen MR) is 273 cm³/mol. The van der Waals surface area contributed by atoms with Gasteiger partial charge in [-0.3, -0.25) is 9.59 Å². The molecule has 0 aliphatic carbocycles. The molecule has 0 aromatic rings. The first kappa shape index (κ1) is 62.3. The number of allylic oxidation sites excluding steroid dienone is 8. The van der Waals surface area contributed by atoms with Crippen molar-refractivity contribution in [2.45, 2.75) is 257 Å². The Hall–Kier alpha value is -2.71. The van der Waals surface area contributed by atoms with Gasteiger partial charge in [-0.2, -0.15) is 0 Å². The lowest BCUT2D eigenvalue weighted by Gasteiger charge is -2.34. The number of carbonyl (C=O) groups excluding carboxylic acids is 3. The molecule has 0 heterocycles. The number of carboxylic acid groups (broad SMARTS) is 1. The van der Waals surface area contributed by atoms with Crippen molar-refractivity contribution in [1.29, 1.82) is 0 Å². The number of unbranched alkanes of at least 4 members (excludes halogenated alkanes) is 27. The molecule has 0 aromatic heterocycles. The lowest BCUT2D eigenvalue weighted by molar-refractivity contribution is -0.889. The molecule has 2 unspecified atom stereocenters. The Kier molecular flexibility index (Phi) is 45.8. The van der Waals surface area contributed by atoms with Crippen LogP contribution in [0.5, 0.6) is 0 Å². The van der Waals surface area contributed by atoms with Gasteiger partial charge in [0.25, 0.3) is 0 Å². The van der Waals surface area contributed by atoms with Gasteiger partial charge in [0, 0.05) is 19.3 Å². The molecule has 8 heteroatoms. The molecule has 378 valence electrons. The summed E-state index contributed by atoms with van der Waals surface area (Å²) in [6.45, 7) is 4.58. The molecular formula is C57H103NO7. The van der Waals surface area contributed by atoms with E-state index in [0.717, 1.165) is 70.6 Å². The van der Waals surface area contributed by atoms with E-state index in [-0.39, 0.29) is 42.7 Å². The quantitative estimate of drug-likeness (QED) is 0.0259. The molecule has 8 nitrogen and oxygen atoms in total. The molecule has 0 saturated heterocycles. The highest BCUT2D eigenvalue weighted by Crippen LogP contribution is 2.17. The van der Waals surface area contributed by atoms with E-state index >= 15 is 0 Å². The average Bonchev–Trinajstić information content (AvgIpc) is 3.27. The second-order valence-corrected chi connectivity index (χ2v) is 19.4. The number of nitrogens with zero attached hydrogens (tertiary/aromatic N) is 1. The highest BCUT2D eigenvalue weighted by molar-refractivity contribution is 5.70. The van der Waals surface area contributed by atoms with Crippen LogP contribution in [-0.4, -0.2) is 75.5 Å². The van der Waals surface area contributed by atoms with Gasteiger partial charge in [0.2, 0.25) is 0 Å². The molecule has 0 N–H and O–H groups in total. The predicted octanol–water partition coefficient (Wildman–Crippen LogP) is 14.6. The Morgan fingerprint density at radius 1 is 0.477 bits per heavy atom. The average molecular weight is 914 g/mol. The molecule has 0 bridgehead atoms. The first-order valence-corrected chi connectivity index (χ1v) is 27.2. The van der Waals surface area contributed by atoms with Gasteiger partial charge in [-0.25, -0.2) is 0 Å². The number of carboxylic acids is 1. The standard InChI is InChI=1S/C57H103NO7/c1-6-8-10-12-14-16-18-20-22-24-26-28-30-32-34-36-38-40-42-44-46-48-56(60)65-53(51-63-50-49-54(57(61)62)58(3,4)5)52-64-55(59)47-45-43-41-39-37-35-33-31-29-27-25-23-21-19-17-15-13-11-9-7-2/h9,11,15,17,21,23,27,29,53-54H,6-8,10,12-14,16,18-20,22,24-26,28,30-52H2,1-5H3/b11-9+,17-15+,23-21+,29-27+. The molecule has 2 atom stereocenters. The van der Waals surface area contributed by atoms with Crippen molar-refractivity contribution in [1.82, 2.24) is 0 Å². The van der Waals surface area contributed by atoms with E-state index in [2.05, 4.69) is 62.5 Å². The van der Waals surface area contributed by atoms with Crippen LogP contribution in [-0.2, 0) is 28.6 Å². The molecule has 0 radical (unpaired) electrons. The van der Waals surface area contributed by atoms with Crippen LogP contribution in [0.25, 0.3) is 0 Å². The van der Waals surface area contributed by atoms with Gasteiger partial charge in [-0.1, -0.05) is 223 Å². The summed E-state index contributed by atoms with van der Waals surface area (Å²) < 4.78 is 17.3. The van der Waals surface area contributed by atoms with E-state index in [4.69, 9.17) is 14.2 Å². The Bertz CT molecular complexity index is 1200. The van der Waals surface area contributed by atoms with Gasteiger partial charge in [0.05, 0.1) is 40.3 Å². The zero-order valence-corrected chi connectivity index (χ0v) is 43.2. The summed E-state index contributed by atoms with van der Waals surface area (Å²) in [5, 5.41) is 11.7. The van der Waals surface area contributed by atoms with E-state index < -0.39 is 18.1 Å². The molecule has 0 amide bonds. The Morgan fingerprint density at radius 3 is 1.28 bits per heavy atom. The number of esters is 2. The second kappa shape index (κ2) is 47.8. The van der Waals surface area contributed by atoms with E-state index in [9.17, 15) is 19.5 Å². The van der Waals surface area contributed by atoms with Crippen molar-refractivity contribution in [2.75, 3.05) is 41.0 Å². The minimum atomic E-state index is -1.12. The number of ether oxygens (including phenoxy) is 3. The molecular weight excluding hydrogens is 811 g/mol. The molecule has 0 saturated carbocycles. The van der Waals surface area contributed by atoms with Crippen LogP contribution in [0.1, 0.15) is 245 Å². The van der Waals surface area contributed by atoms with E-state index in [0.29, 0.717) is 12.8 Å². The number of rotatable bonds is 49. The highest BCUT2D eigenvalue weighted by atomic mass is 16.6. The normalized spacial score (nSPS) is 13.2. The third kappa shape index (κ3) is 46.2. The maximum atomic E-state index is 12.8. The molecule has 65 heavy (non-hydrogen) atoms. The molecule has 0 aliphatic heterocycles. The molecule has 0 aliphatic rings. The SMILES string of the molecule is CC/C=C/C/C=C/C/C=C/C/C=C/CCCCCCCCCC(=O)OCC(COCCC(C(=O)[O-])[N+](C)(C)C)OC(=O)CCCCCCCCCCCCCCCCCCCCCCC. The van der Waals surface area contributed by atoms with E-state index in [1.54, 1.807) is 21.1 Å². The highest BCUT2D eigenvalue weighted by Gasteiger charge is 2.25. The lowest BCUT2D eigenvalue weighted by Crippen LogP contribution is -2.55. The van der Waals surface area contributed by atoms with Gasteiger partial charge < -0.3 is 28.6 Å². The second-order valence-electron chi connectivity index (χ2n) is 19.4. The summed E-state index contributed by atoms with van der Waals surface area (Å²) in [6, 6.07) is -0.728. The maximum Gasteiger partial charge on any atom is 0.306 e. The third-order valence-electron chi connectivity index (χ3n) is 12.2. The van der Waals surface area contributed by atoms with E-state index in [1.807, 2.05) is 0 Å². The number of carbonyl (C=O) groups is 3. The van der Waals surface area contributed by atoms with Crippen LogP contribution in [0, 0.1) is 0 Å². The fraction of sp³-hybridized carbons (Fsp3) is 0.807. The Balaban J connectivity index is 4.21. The number of hydrogen-bond donors (Lipinski definition) is 0. The first-order valence-electron chi connectivity index (χ1n) is 27.2. The van der Waals surface area contributed by atoms with Gasteiger partial charge in [0.15, 0.2) is 6.10 Å². The van der Waals surface area contributed by atoms with Crippen molar-refractivity contribution in [2.24, 2.45) is 0 Å².